The lowest BCUT2D eigenvalue weighted by Gasteiger charge is -2.23. The first kappa shape index (κ1) is 23.0. The average Bonchev–Trinajstić information content (AvgIpc) is 3.05. The molecule has 0 spiro atoms. The minimum atomic E-state index is -1.17. The van der Waals surface area contributed by atoms with Crippen LogP contribution in [0.1, 0.15) is 55.9 Å². The number of nitrogens with zero attached hydrogens (tertiary/aromatic N) is 1. The summed E-state index contributed by atoms with van der Waals surface area (Å²) < 4.78 is 18.8. The van der Waals surface area contributed by atoms with Gasteiger partial charge in [-0.1, -0.05) is 48.5 Å². The Bertz CT molecular complexity index is 1220. The molecule has 1 saturated heterocycles. The second-order valence-corrected chi connectivity index (χ2v) is 7.93. The molecule has 3 aromatic rings. The van der Waals surface area contributed by atoms with Crippen LogP contribution in [0.2, 0.25) is 0 Å². The molecule has 0 saturated carbocycles. The first-order valence-electron chi connectivity index (χ1n) is 11.0. The summed E-state index contributed by atoms with van der Waals surface area (Å²) in [6.45, 7) is 0.173. The molecule has 1 aliphatic rings. The van der Waals surface area contributed by atoms with Crippen molar-refractivity contribution in [1.29, 1.82) is 0 Å². The molecule has 1 fully saturated rings. The number of ketones is 1. The van der Waals surface area contributed by atoms with E-state index in [0.29, 0.717) is 18.4 Å². The number of imide groups is 1. The fourth-order valence-electron chi connectivity index (χ4n) is 3.86. The van der Waals surface area contributed by atoms with Crippen molar-refractivity contribution < 1.29 is 28.3 Å². The lowest BCUT2D eigenvalue weighted by atomic mass is 9.98. The van der Waals surface area contributed by atoms with Crippen LogP contribution in [0, 0.1) is 5.82 Å². The van der Waals surface area contributed by atoms with E-state index in [-0.39, 0.29) is 35.4 Å². The van der Waals surface area contributed by atoms with Gasteiger partial charge in [-0.2, -0.15) is 0 Å². The first-order chi connectivity index (χ1) is 16.5. The van der Waals surface area contributed by atoms with Gasteiger partial charge in [0.15, 0.2) is 11.9 Å². The molecule has 0 N–H and O–H groups in total. The van der Waals surface area contributed by atoms with Crippen LogP contribution < -0.4 is 0 Å². The van der Waals surface area contributed by atoms with Gasteiger partial charge in [-0.3, -0.25) is 19.3 Å². The third-order valence-electron chi connectivity index (χ3n) is 5.65. The van der Waals surface area contributed by atoms with E-state index in [1.807, 2.05) is 0 Å². The molecule has 3 aromatic carbocycles. The summed E-state index contributed by atoms with van der Waals surface area (Å²) in [5, 5.41) is 0. The van der Waals surface area contributed by atoms with Crippen LogP contribution >= 0.6 is 0 Å². The largest absolute Gasteiger partial charge is 0.449 e. The van der Waals surface area contributed by atoms with Gasteiger partial charge >= 0.3 is 5.97 Å². The number of hydrogen-bond donors (Lipinski definition) is 0. The molecule has 1 unspecified atom stereocenters. The molecule has 172 valence electrons. The number of ether oxygens (including phenoxy) is 1. The minimum Gasteiger partial charge on any atom is -0.449 e. The van der Waals surface area contributed by atoms with E-state index in [2.05, 4.69) is 0 Å². The van der Waals surface area contributed by atoms with Crippen LogP contribution in [0.5, 0.6) is 0 Å². The summed E-state index contributed by atoms with van der Waals surface area (Å²) >= 11 is 0. The van der Waals surface area contributed by atoms with Gasteiger partial charge in [-0.05, 0) is 49.6 Å². The normalized spacial score (nSPS) is 16.0. The zero-order chi connectivity index (χ0) is 24.1. The van der Waals surface area contributed by atoms with Gasteiger partial charge in [0.25, 0.3) is 11.8 Å². The van der Waals surface area contributed by atoms with Gasteiger partial charge in [0.05, 0.1) is 5.56 Å². The Morgan fingerprint density at radius 2 is 1.44 bits per heavy atom. The highest BCUT2D eigenvalue weighted by Gasteiger charge is 2.34. The van der Waals surface area contributed by atoms with Gasteiger partial charge in [-0.25, -0.2) is 9.18 Å². The van der Waals surface area contributed by atoms with Gasteiger partial charge in [0.2, 0.25) is 0 Å². The summed E-state index contributed by atoms with van der Waals surface area (Å²) in [5.74, 6) is -2.85. The average molecular weight is 459 g/mol. The van der Waals surface area contributed by atoms with Crippen LogP contribution in [0.4, 0.5) is 4.39 Å². The quantitative estimate of drug-likeness (QED) is 0.320. The van der Waals surface area contributed by atoms with E-state index in [9.17, 15) is 23.6 Å². The summed E-state index contributed by atoms with van der Waals surface area (Å²) in [4.78, 5) is 53.0. The van der Waals surface area contributed by atoms with E-state index in [1.165, 1.54) is 24.3 Å². The van der Waals surface area contributed by atoms with Crippen LogP contribution in [-0.4, -0.2) is 41.1 Å². The molecule has 0 radical (unpaired) electrons. The van der Waals surface area contributed by atoms with Crippen LogP contribution in [-0.2, 0) is 9.53 Å². The Kier molecular flexibility index (Phi) is 6.92. The predicted molar refractivity (Wildman–Crippen MR) is 122 cm³/mol. The second kappa shape index (κ2) is 10.2. The Labute approximate surface area is 196 Å². The maximum absolute atomic E-state index is 13.2. The summed E-state index contributed by atoms with van der Waals surface area (Å²) in [6, 6.07) is 19.7. The Morgan fingerprint density at radius 3 is 2.15 bits per heavy atom. The monoisotopic (exact) mass is 459 g/mol. The molecule has 7 heteroatoms. The zero-order valence-electron chi connectivity index (χ0n) is 18.3. The van der Waals surface area contributed by atoms with E-state index in [0.717, 1.165) is 17.0 Å². The topological polar surface area (TPSA) is 80.8 Å². The molecule has 1 heterocycles. The SMILES string of the molecule is O=C(OC1CCCCN(C(=O)c2ccc(F)cc2)C1=O)c1ccccc1C(=O)c1ccccc1. The fourth-order valence-corrected chi connectivity index (χ4v) is 3.86. The van der Waals surface area contributed by atoms with Crippen molar-refractivity contribution in [3.63, 3.8) is 0 Å². The van der Waals surface area contributed by atoms with Gasteiger partial charge in [0.1, 0.15) is 5.82 Å². The fraction of sp³-hybridized carbons (Fsp3) is 0.185. The lowest BCUT2D eigenvalue weighted by molar-refractivity contribution is -0.137. The summed E-state index contributed by atoms with van der Waals surface area (Å²) in [7, 11) is 0. The number of halogens is 1. The molecule has 1 aliphatic heterocycles. The molecular weight excluding hydrogens is 437 g/mol. The number of hydrogen-bond acceptors (Lipinski definition) is 5. The van der Waals surface area contributed by atoms with Crippen molar-refractivity contribution >= 4 is 23.6 Å². The molecule has 4 rings (SSSR count). The molecule has 1 atom stereocenters. The van der Waals surface area contributed by atoms with Crippen molar-refractivity contribution in [2.24, 2.45) is 0 Å². The van der Waals surface area contributed by atoms with Crippen molar-refractivity contribution in [3.8, 4) is 0 Å². The number of likely N-dealkylation sites (tertiary alicyclic amines) is 1. The highest BCUT2D eigenvalue weighted by Crippen LogP contribution is 2.21. The van der Waals surface area contributed by atoms with Crippen molar-refractivity contribution in [2.75, 3.05) is 6.54 Å². The maximum atomic E-state index is 13.2. The van der Waals surface area contributed by atoms with Gasteiger partial charge < -0.3 is 4.74 Å². The maximum Gasteiger partial charge on any atom is 0.339 e. The molecular formula is C27H22FNO5. The Morgan fingerprint density at radius 1 is 0.794 bits per heavy atom. The van der Waals surface area contributed by atoms with E-state index < -0.39 is 29.7 Å². The number of rotatable bonds is 5. The third kappa shape index (κ3) is 4.93. The number of amides is 2. The highest BCUT2D eigenvalue weighted by atomic mass is 19.1. The number of carbonyl (C=O) groups is 4. The summed E-state index contributed by atoms with van der Waals surface area (Å²) in [6.07, 6.45) is 0.211. The van der Waals surface area contributed by atoms with E-state index in [1.54, 1.807) is 42.5 Å². The molecule has 2 amide bonds. The minimum absolute atomic E-state index is 0.0461. The van der Waals surface area contributed by atoms with Gasteiger partial charge in [-0.15, -0.1) is 0 Å². The first-order valence-corrected chi connectivity index (χ1v) is 11.0. The van der Waals surface area contributed by atoms with Gasteiger partial charge in [0, 0.05) is 23.2 Å². The molecule has 0 aliphatic carbocycles. The molecule has 0 aromatic heterocycles. The summed E-state index contributed by atoms with van der Waals surface area (Å²) in [5.41, 5.74) is 0.800. The second-order valence-electron chi connectivity index (χ2n) is 7.93. The van der Waals surface area contributed by atoms with Crippen LogP contribution in [0.3, 0.4) is 0 Å². The Balaban J connectivity index is 1.55. The highest BCUT2D eigenvalue weighted by molar-refractivity contribution is 6.14. The predicted octanol–water partition coefficient (Wildman–Crippen LogP) is 4.44. The van der Waals surface area contributed by atoms with Crippen molar-refractivity contribution in [3.05, 3.63) is 107 Å². The van der Waals surface area contributed by atoms with Crippen LogP contribution in [0.15, 0.2) is 78.9 Å². The van der Waals surface area contributed by atoms with E-state index in [4.69, 9.17) is 4.74 Å². The van der Waals surface area contributed by atoms with E-state index >= 15 is 0 Å². The lowest BCUT2D eigenvalue weighted by Crippen LogP contribution is -2.43. The Hall–Kier alpha value is -4.13. The zero-order valence-corrected chi connectivity index (χ0v) is 18.3. The van der Waals surface area contributed by atoms with Crippen molar-refractivity contribution in [2.45, 2.75) is 25.4 Å². The number of esters is 1. The number of benzene rings is 3. The molecule has 6 nitrogen and oxygen atoms in total. The standard InChI is InChI=1S/C27H22FNO5/c28-20-15-13-19(14-16-20)25(31)29-17-7-6-12-23(26(29)32)34-27(33)22-11-5-4-10-21(22)24(30)18-8-2-1-3-9-18/h1-5,8-11,13-16,23H,6-7,12,17H2. The molecule has 0 bridgehead atoms. The smallest absolute Gasteiger partial charge is 0.339 e. The van der Waals surface area contributed by atoms with Crippen molar-refractivity contribution in [1.82, 2.24) is 4.90 Å². The third-order valence-corrected chi connectivity index (χ3v) is 5.65. The number of carbonyl (C=O) groups excluding carboxylic acids is 4. The molecule has 34 heavy (non-hydrogen) atoms. The van der Waals surface area contributed by atoms with Crippen LogP contribution in [0.25, 0.3) is 0 Å².